The number of piperidine rings is 1. The van der Waals surface area contributed by atoms with Gasteiger partial charge in [-0.05, 0) is 31.4 Å². The molecule has 142 valence electrons. The van der Waals surface area contributed by atoms with Crippen molar-refractivity contribution in [2.75, 3.05) is 37.6 Å². The van der Waals surface area contributed by atoms with Crippen LogP contribution in [0.2, 0.25) is 0 Å². The molecule has 3 heterocycles. The molecule has 0 aromatic carbocycles. The van der Waals surface area contributed by atoms with Gasteiger partial charge in [0.05, 0.1) is 5.92 Å². The van der Waals surface area contributed by atoms with Gasteiger partial charge in [-0.25, -0.2) is 4.98 Å². The molecule has 1 aromatic heterocycles. The smallest absolute Gasteiger partial charge is 0.227 e. The maximum atomic E-state index is 13.1. The van der Waals surface area contributed by atoms with E-state index in [1.165, 1.54) is 0 Å². The zero-order valence-corrected chi connectivity index (χ0v) is 16.1. The quantitative estimate of drug-likeness (QED) is 0.826. The fourth-order valence-electron chi connectivity index (χ4n) is 4.03. The molecule has 0 aliphatic carbocycles. The summed E-state index contributed by atoms with van der Waals surface area (Å²) in [6.45, 7) is 10.0. The topological polar surface area (TPSA) is 56.8 Å². The van der Waals surface area contributed by atoms with Crippen LogP contribution in [0.5, 0.6) is 0 Å². The number of anilines is 1. The Morgan fingerprint density at radius 2 is 1.96 bits per heavy atom. The first kappa shape index (κ1) is 18.7. The number of piperazine rings is 1. The average molecular weight is 358 g/mol. The van der Waals surface area contributed by atoms with Gasteiger partial charge in [0.1, 0.15) is 5.82 Å². The molecule has 1 aromatic rings. The van der Waals surface area contributed by atoms with Crippen molar-refractivity contribution in [3.05, 3.63) is 24.4 Å². The van der Waals surface area contributed by atoms with Gasteiger partial charge in [0.15, 0.2) is 0 Å². The van der Waals surface area contributed by atoms with Gasteiger partial charge in [-0.15, -0.1) is 0 Å². The molecule has 0 radical (unpaired) electrons. The Labute approximate surface area is 156 Å². The number of hydrogen-bond acceptors (Lipinski definition) is 4. The normalized spacial score (nSPS) is 24.3. The summed E-state index contributed by atoms with van der Waals surface area (Å²) in [5, 5.41) is 0. The zero-order valence-electron chi connectivity index (χ0n) is 16.1. The highest BCUT2D eigenvalue weighted by molar-refractivity contribution is 5.84. The Morgan fingerprint density at radius 1 is 1.23 bits per heavy atom. The first-order valence-electron chi connectivity index (χ1n) is 9.71. The van der Waals surface area contributed by atoms with Gasteiger partial charge in [0.25, 0.3) is 0 Å². The van der Waals surface area contributed by atoms with Crippen LogP contribution >= 0.6 is 0 Å². The standard InChI is InChI=1S/C20H30N4O2/c1-15(2)14-24-16(3)17(7-8-19(24)25)20(26)23-12-10-22(11-13-23)18-6-4-5-9-21-18/h4-6,9,15-17H,7-8,10-14H2,1-3H3. The molecule has 2 saturated heterocycles. The summed E-state index contributed by atoms with van der Waals surface area (Å²) in [7, 11) is 0. The lowest BCUT2D eigenvalue weighted by atomic mass is 9.87. The minimum Gasteiger partial charge on any atom is -0.353 e. The fraction of sp³-hybridized carbons (Fsp3) is 0.650. The highest BCUT2D eigenvalue weighted by Gasteiger charge is 2.39. The minimum absolute atomic E-state index is 0.0139. The number of aromatic nitrogens is 1. The number of amides is 2. The van der Waals surface area contributed by atoms with Crippen molar-refractivity contribution in [1.29, 1.82) is 0 Å². The molecule has 0 N–H and O–H groups in total. The van der Waals surface area contributed by atoms with Crippen LogP contribution in [0.3, 0.4) is 0 Å². The van der Waals surface area contributed by atoms with Crippen molar-refractivity contribution in [3.63, 3.8) is 0 Å². The predicted octanol–water partition coefficient (Wildman–Crippen LogP) is 2.01. The van der Waals surface area contributed by atoms with Crippen LogP contribution in [0.4, 0.5) is 5.82 Å². The molecule has 2 aliphatic heterocycles. The number of carbonyl (C=O) groups excluding carboxylic acids is 2. The number of nitrogens with zero attached hydrogens (tertiary/aromatic N) is 4. The van der Waals surface area contributed by atoms with Gasteiger partial charge in [-0.3, -0.25) is 9.59 Å². The Bertz CT molecular complexity index is 626. The summed E-state index contributed by atoms with van der Waals surface area (Å²) in [5.41, 5.74) is 0. The third-order valence-corrected chi connectivity index (χ3v) is 5.51. The summed E-state index contributed by atoms with van der Waals surface area (Å²) in [6, 6.07) is 5.90. The Hall–Kier alpha value is -2.11. The maximum Gasteiger partial charge on any atom is 0.227 e. The van der Waals surface area contributed by atoms with Gasteiger partial charge in [-0.2, -0.15) is 0 Å². The molecule has 6 nitrogen and oxygen atoms in total. The Kier molecular flexibility index (Phi) is 5.79. The van der Waals surface area contributed by atoms with E-state index in [4.69, 9.17) is 0 Å². The third kappa shape index (κ3) is 4.00. The second kappa shape index (κ2) is 8.06. The number of hydrogen-bond donors (Lipinski definition) is 0. The summed E-state index contributed by atoms with van der Waals surface area (Å²) >= 11 is 0. The monoisotopic (exact) mass is 358 g/mol. The minimum atomic E-state index is -0.0761. The van der Waals surface area contributed by atoms with Crippen molar-refractivity contribution < 1.29 is 9.59 Å². The number of pyridine rings is 1. The second-order valence-electron chi connectivity index (χ2n) is 7.83. The SMILES string of the molecule is CC(C)CN1C(=O)CCC(C(=O)N2CCN(c3ccccn3)CC2)C1C. The zero-order chi connectivity index (χ0) is 18.7. The van der Waals surface area contributed by atoms with E-state index < -0.39 is 0 Å². The molecular weight excluding hydrogens is 328 g/mol. The molecule has 26 heavy (non-hydrogen) atoms. The molecule has 2 amide bonds. The Morgan fingerprint density at radius 3 is 2.58 bits per heavy atom. The van der Waals surface area contributed by atoms with Crippen molar-refractivity contribution in [3.8, 4) is 0 Å². The lowest BCUT2D eigenvalue weighted by Gasteiger charge is -2.43. The summed E-state index contributed by atoms with van der Waals surface area (Å²) < 4.78 is 0. The molecule has 0 saturated carbocycles. The lowest BCUT2D eigenvalue weighted by Crippen LogP contribution is -2.56. The largest absolute Gasteiger partial charge is 0.353 e. The molecule has 6 heteroatoms. The summed E-state index contributed by atoms with van der Waals surface area (Å²) in [6.07, 6.45) is 2.96. The molecule has 0 spiro atoms. The number of carbonyl (C=O) groups is 2. The van der Waals surface area contributed by atoms with E-state index in [1.54, 1.807) is 6.20 Å². The van der Waals surface area contributed by atoms with E-state index in [1.807, 2.05) is 34.9 Å². The van der Waals surface area contributed by atoms with E-state index >= 15 is 0 Å². The van der Waals surface area contributed by atoms with Crippen LogP contribution in [-0.4, -0.2) is 65.4 Å². The van der Waals surface area contributed by atoms with E-state index in [2.05, 4.69) is 23.7 Å². The third-order valence-electron chi connectivity index (χ3n) is 5.51. The molecule has 3 rings (SSSR count). The van der Waals surface area contributed by atoms with E-state index in [-0.39, 0.29) is 23.8 Å². The van der Waals surface area contributed by atoms with Crippen LogP contribution < -0.4 is 4.90 Å². The van der Waals surface area contributed by atoms with E-state index in [0.717, 1.165) is 38.5 Å². The number of likely N-dealkylation sites (tertiary alicyclic amines) is 1. The highest BCUT2D eigenvalue weighted by atomic mass is 16.2. The summed E-state index contributed by atoms with van der Waals surface area (Å²) in [4.78, 5) is 35.9. The van der Waals surface area contributed by atoms with Gasteiger partial charge >= 0.3 is 0 Å². The average Bonchev–Trinajstić information content (AvgIpc) is 2.65. The maximum absolute atomic E-state index is 13.1. The van der Waals surface area contributed by atoms with Crippen LogP contribution in [0.25, 0.3) is 0 Å². The van der Waals surface area contributed by atoms with Gasteiger partial charge in [-0.1, -0.05) is 19.9 Å². The fourth-order valence-corrected chi connectivity index (χ4v) is 4.03. The second-order valence-corrected chi connectivity index (χ2v) is 7.83. The van der Waals surface area contributed by atoms with Gasteiger partial charge in [0, 0.05) is 51.4 Å². The van der Waals surface area contributed by atoms with E-state index in [9.17, 15) is 9.59 Å². The van der Waals surface area contributed by atoms with Crippen molar-refractivity contribution in [2.24, 2.45) is 11.8 Å². The van der Waals surface area contributed by atoms with Crippen LogP contribution in [-0.2, 0) is 9.59 Å². The highest BCUT2D eigenvalue weighted by Crippen LogP contribution is 2.27. The van der Waals surface area contributed by atoms with Crippen LogP contribution in [0, 0.1) is 11.8 Å². The molecular formula is C20H30N4O2. The lowest BCUT2D eigenvalue weighted by molar-refractivity contribution is -0.147. The molecule has 2 fully saturated rings. The number of rotatable bonds is 4. The van der Waals surface area contributed by atoms with Crippen molar-refractivity contribution >= 4 is 17.6 Å². The first-order chi connectivity index (χ1) is 12.5. The Balaban J connectivity index is 1.60. The molecule has 2 atom stereocenters. The van der Waals surface area contributed by atoms with Crippen LogP contribution in [0.15, 0.2) is 24.4 Å². The van der Waals surface area contributed by atoms with Crippen LogP contribution in [0.1, 0.15) is 33.6 Å². The molecule has 2 unspecified atom stereocenters. The van der Waals surface area contributed by atoms with Gasteiger partial charge in [0.2, 0.25) is 11.8 Å². The summed E-state index contributed by atoms with van der Waals surface area (Å²) in [5.74, 6) is 1.71. The van der Waals surface area contributed by atoms with Gasteiger partial charge < -0.3 is 14.7 Å². The molecule has 2 aliphatic rings. The first-order valence-corrected chi connectivity index (χ1v) is 9.71. The predicted molar refractivity (Wildman–Crippen MR) is 102 cm³/mol. The molecule has 0 bridgehead atoms. The van der Waals surface area contributed by atoms with Crippen molar-refractivity contribution in [2.45, 2.75) is 39.7 Å². The van der Waals surface area contributed by atoms with E-state index in [0.29, 0.717) is 18.8 Å². The van der Waals surface area contributed by atoms with Crippen molar-refractivity contribution in [1.82, 2.24) is 14.8 Å².